The average Bonchev–Trinajstić information content (AvgIpc) is 2.38. The number of benzene rings is 1. The summed E-state index contributed by atoms with van der Waals surface area (Å²) >= 11 is 0. The summed E-state index contributed by atoms with van der Waals surface area (Å²) in [6.07, 6.45) is 3.73. The van der Waals surface area contributed by atoms with Gasteiger partial charge in [-0.3, -0.25) is 0 Å². The molecule has 94 valence electrons. The number of carboxylic acids is 1. The Kier molecular flexibility index (Phi) is 3.44. The lowest BCUT2D eigenvalue weighted by Crippen LogP contribution is -2.12. The maximum Gasteiger partial charge on any atom is 0.351 e. The van der Waals surface area contributed by atoms with Crippen LogP contribution in [0.15, 0.2) is 39.6 Å². The van der Waals surface area contributed by atoms with Gasteiger partial charge in [-0.05, 0) is 23.8 Å². The molecule has 0 aliphatic heterocycles. The van der Waals surface area contributed by atoms with E-state index in [9.17, 15) is 9.59 Å². The minimum Gasteiger partial charge on any atom is -0.477 e. The summed E-state index contributed by atoms with van der Waals surface area (Å²) in [6, 6.07) is 8.27. The van der Waals surface area contributed by atoms with E-state index in [1.54, 1.807) is 30.4 Å². The molecule has 0 saturated carbocycles. The van der Waals surface area contributed by atoms with E-state index in [1.165, 1.54) is 6.07 Å². The van der Waals surface area contributed by atoms with E-state index in [0.29, 0.717) is 17.4 Å². The Labute approximate surface area is 108 Å². The molecule has 0 unspecified atom stereocenters. The first-order chi connectivity index (χ1) is 9.11. The van der Waals surface area contributed by atoms with Crippen molar-refractivity contribution in [2.24, 2.45) is 0 Å². The fourth-order valence-corrected chi connectivity index (χ4v) is 1.64. The quantitative estimate of drug-likeness (QED) is 0.850. The molecule has 1 aromatic carbocycles. The van der Waals surface area contributed by atoms with E-state index in [4.69, 9.17) is 14.8 Å². The lowest BCUT2D eigenvalue weighted by molar-refractivity contribution is 0.0692. The molecule has 0 aliphatic rings. The maximum atomic E-state index is 11.4. The minimum absolute atomic E-state index is 0.294. The first kappa shape index (κ1) is 12.6. The van der Waals surface area contributed by atoms with Crippen molar-refractivity contribution in [1.29, 1.82) is 5.26 Å². The summed E-state index contributed by atoms with van der Waals surface area (Å²) in [6.45, 7) is 0. The van der Waals surface area contributed by atoms with Crippen molar-refractivity contribution < 1.29 is 14.3 Å². The summed E-state index contributed by atoms with van der Waals surface area (Å²) in [5.74, 6) is -1.32. The molecule has 0 saturated heterocycles. The summed E-state index contributed by atoms with van der Waals surface area (Å²) in [7, 11) is 0. The van der Waals surface area contributed by atoms with Gasteiger partial charge in [0.2, 0.25) is 0 Å². The van der Waals surface area contributed by atoms with Gasteiger partial charge in [0.05, 0.1) is 12.5 Å². The fourth-order valence-electron chi connectivity index (χ4n) is 1.64. The van der Waals surface area contributed by atoms with Gasteiger partial charge in [0.25, 0.3) is 0 Å². The number of rotatable bonds is 3. The molecule has 0 bridgehead atoms. The van der Waals surface area contributed by atoms with E-state index in [0.717, 1.165) is 5.56 Å². The highest BCUT2D eigenvalue weighted by Gasteiger charge is 2.11. The number of hydrogen-bond acceptors (Lipinski definition) is 4. The molecule has 0 spiro atoms. The third-order valence-corrected chi connectivity index (χ3v) is 2.51. The number of hydrogen-bond donors (Lipinski definition) is 1. The van der Waals surface area contributed by atoms with Crippen LogP contribution in [0.3, 0.4) is 0 Å². The fraction of sp³-hybridized carbons (Fsp3) is 0.0714. The number of fused-ring (bicyclic) bond motifs is 1. The molecule has 1 N–H and O–H groups in total. The molecule has 5 nitrogen and oxygen atoms in total. The second-order valence-corrected chi connectivity index (χ2v) is 3.81. The first-order valence-electron chi connectivity index (χ1n) is 5.46. The normalized spacial score (nSPS) is 10.7. The molecule has 0 aliphatic carbocycles. The Hall–Kier alpha value is -2.87. The van der Waals surface area contributed by atoms with Crippen molar-refractivity contribution in [3.8, 4) is 6.07 Å². The highest BCUT2D eigenvalue weighted by atomic mass is 16.4. The number of allylic oxidation sites excluding steroid dienone is 1. The van der Waals surface area contributed by atoms with Gasteiger partial charge in [-0.2, -0.15) is 5.26 Å². The maximum absolute atomic E-state index is 11.4. The summed E-state index contributed by atoms with van der Waals surface area (Å²) in [4.78, 5) is 22.2. The van der Waals surface area contributed by atoms with Crippen molar-refractivity contribution >= 4 is 23.0 Å². The van der Waals surface area contributed by atoms with E-state index in [-0.39, 0.29) is 0 Å². The van der Waals surface area contributed by atoms with Crippen molar-refractivity contribution in [3.05, 3.63) is 51.9 Å². The van der Waals surface area contributed by atoms with Crippen LogP contribution < -0.4 is 5.63 Å². The van der Waals surface area contributed by atoms with Crippen LogP contribution in [0, 0.1) is 11.3 Å². The van der Waals surface area contributed by atoms with Crippen LogP contribution in [0.5, 0.6) is 0 Å². The zero-order valence-corrected chi connectivity index (χ0v) is 9.79. The van der Waals surface area contributed by atoms with E-state index >= 15 is 0 Å². The van der Waals surface area contributed by atoms with Gasteiger partial charge in [0.1, 0.15) is 11.1 Å². The smallest absolute Gasteiger partial charge is 0.351 e. The predicted molar refractivity (Wildman–Crippen MR) is 68.7 cm³/mol. The molecule has 1 aromatic heterocycles. The van der Waals surface area contributed by atoms with Gasteiger partial charge in [-0.15, -0.1) is 0 Å². The molecule has 19 heavy (non-hydrogen) atoms. The van der Waals surface area contributed by atoms with E-state index in [1.807, 2.05) is 6.07 Å². The van der Waals surface area contributed by atoms with Crippen LogP contribution in [-0.4, -0.2) is 11.1 Å². The first-order valence-corrected chi connectivity index (χ1v) is 5.46. The predicted octanol–water partition coefficient (Wildman–Crippen LogP) is 2.42. The highest BCUT2D eigenvalue weighted by molar-refractivity contribution is 5.92. The van der Waals surface area contributed by atoms with Crippen LogP contribution in [0.25, 0.3) is 17.0 Å². The van der Waals surface area contributed by atoms with Crippen molar-refractivity contribution in [2.75, 3.05) is 0 Å². The molecule has 5 heteroatoms. The third kappa shape index (κ3) is 2.69. The number of aromatic carboxylic acids is 1. The Bertz CT molecular complexity index is 765. The lowest BCUT2D eigenvalue weighted by atomic mass is 10.1. The zero-order chi connectivity index (χ0) is 13.8. The van der Waals surface area contributed by atoms with Gasteiger partial charge >= 0.3 is 11.6 Å². The number of nitrogens with zero attached hydrogens (tertiary/aromatic N) is 1. The van der Waals surface area contributed by atoms with Crippen LogP contribution in [0.2, 0.25) is 0 Å². The Morgan fingerprint density at radius 3 is 2.89 bits per heavy atom. The van der Waals surface area contributed by atoms with Crippen LogP contribution in [0.1, 0.15) is 22.3 Å². The molecule has 0 radical (unpaired) electrons. The highest BCUT2D eigenvalue weighted by Crippen LogP contribution is 2.17. The second kappa shape index (κ2) is 5.19. The van der Waals surface area contributed by atoms with Gasteiger partial charge in [0, 0.05) is 5.39 Å². The second-order valence-electron chi connectivity index (χ2n) is 3.81. The van der Waals surface area contributed by atoms with Gasteiger partial charge in [-0.25, -0.2) is 9.59 Å². The molecule has 1 heterocycles. The summed E-state index contributed by atoms with van der Waals surface area (Å²) < 4.78 is 4.92. The largest absolute Gasteiger partial charge is 0.477 e. The van der Waals surface area contributed by atoms with Crippen LogP contribution in [0.4, 0.5) is 0 Å². The molecule has 2 aromatic rings. The number of nitriles is 1. The Morgan fingerprint density at radius 1 is 1.42 bits per heavy atom. The Morgan fingerprint density at radius 2 is 2.21 bits per heavy atom. The lowest BCUT2D eigenvalue weighted by Gasteiger charge is -2.00. The average molecular weight is 255 g/mol. The molecule has 0 amide bonds. The number of carbonyl (C=O) groups is 1. The van der Waals surface area contributed by atoms with E-state index < -0.39 is 17.2 Å². The molecule has 2 rings (SSSR count). The Balaban J connectivity index is 2.53. The van der Waals surface area contributed by atoms with E-state index in [2.05, 4.69) is 0 Å². The molecule has 0 fully saturated rings. The van der Waals surface area contributed by atoms with Crippen LogP contribution in [-0.2, 0) is 0 Å². The molecular weight excluding hydrogens is 246 g/mol. The SMILES string of the molecule is N#CCC=Cc1ccc2oc(=O)c(C(=O)O)cc2c1. The standard InChI is InChI=1S/C14H9NO4/c15-6-2-1-3-9-4-5-12-10(7-9)8-11(13(16)17)14(18)19-12/h1,3-5,7-8H,2H2,(H,16,17). The van der Waals surface area contributed by atoms with Crippen molar-refractivity contribution in [3.63, 3.8) is 0 Å². The monoisotopic (exact) mass is 255 g/mol. The number of carboxylic acid groups (broad SMARTS) is 1. The molecule has 0 atom stereocenters. The third-order valence-electron chi connectivity index (χ3n) is 2.51. The van der Waals surface area contributed by atoms with Gasteiger partial charge < -0.3 is 9.52 Å². The summed E-state index contributed by atoms with van der Waals surface area (Å²) in [5, 5.41) is 17.8. The zero-order valence-electron chi connectivity index (χ0n) is 9.79. The van der Waals surface area contributed by atoms with Gasteiger partial charge in [0.15, 0.2) is 0 Å². The minimum atomic E-state index is -1.32. The van der Waals surface area contributed by atoms with Crippen molar-refractivity contribution in [2.45, 2.75) is 6.42 Å². The van der Waals surface area contributed by atoms with Gasteiger partial charge in [-0.1, -0.05) is 18.2 Å². The topological polar surface area (TPSA) is 91.3 Å². The van der Waals surface area contributed by atoms with Crippen LogP contribution >= 0.6 is 0 Å². The summed E-state index contributed by atoms with van der Waals surface area (Å²) in [5.41, 5.74) is -0.140. The molecular formula is C14H9NO4. The van der Waals surface area contributed by atoms with Crippen molar-refractivity contribution in [1.82, 2.24) is 0 Å².